The van der Waals surface area contributed by atoms with Crippen molar-refractivity contribution in [2.24, 2.45) is 4.99 Å². The molecule has 1 nitrogen and oxygen atoms in total. The van der Waals surface area contributed by atoms with Crippen molar-refractivity contribution in [1.82, 2.24) is 0 Å². The largest absolute Gasteiger partial charge is 0.251 e. The minimum absolute atomic E-state index is 1.15. The molecule has 0 atom stereocenters. The molecule has 0 aromatic rings. The molecule has 84 valence electrons. The van der Waals surface area contributed by atoms with Crippen LogP contribution in [0.5, 0.6) is 0 Å². The summed E-state index contributed by atoms with van der Waals surface area (Å²) in [6, 6.07) is 0. The molecule has 0 bridgehead atoms. The van der Waals surface area contributed by atoms with Crippen LogP contribution in [0.1, 0.15) is 46.0 Å². The minimum atomic E-state index is 1.15. The van der Waals surface area contributed by atoms with Crippen LogP contribution in [0.2, 0.25) is 0 Å². The Balaban J connectivity index is 2.66. The van der Waals surface area contributed by atoms with Crippen LogP contribution in [0.3, 0.4) is 0 Å². The lowest BCUT2D eigenvalue weighted by molar-refractivity contribution is 0.666. The van der Waals surface area contributed by atoms with Crippen molar-refractivity contribution in [3.8, 4) is 0 Å². The summed E-state index contributed by atoms with van der Waals surface area (Å²) >= 11 is 1.73. The van der Waals surface area contributed by atoms with Gasteiger partial charge in [0.25, 0.3) is 0 Å². The smallest absolute Gasteiger partial charge is 0.0956 e. The summed E-state index contributed by atoms with van der Waals surface area (Å²) in [5, 5.41) is 1.15. The average Bonchev–Trinajstić information content (AvgIpc) is 2.25. The predicted molar refractivity (Wildman–Crippen MR) is 71.5 cm³/mol. The van der Waals surface area contributed by atoms with Gasteiger partial charge < -0.3 is 0 Å². The summed E-state index contributed by atoms with van der Waals surface area (Å²) in [7, 11) is 0. The maximum Gasteiger partial charge on any atom is 0.0956 e. The highest BCUT2D eigenvalue weighted by atomic mass is 32.2. The van der Waals surface area contributed by atoms with Crippen molar-refractivity contribution in [2.75, 3.05) is 6.26 Å². The molecule has 0 saturated heterocycles. The van der Waals surface area contributed by atoms with Crippen molar-refractivity contribution < 1.29 is 0 Å². The molecule has 0 spiro atoms. The predicted octanol–water partition coefficient (Wildman–Crippen LogP) is 4.56. The standard InChI is InChI=1S/C13H21NS/c1-11(2)9-10-13(15-3)14-12-7-5-4-6-8-12/h9-10H,4-8H2,1-3H3/b13-10-. The van der Waals surface area contributed by atoms with Crippen molar-refractivity contribution in [3.63, 3.8) is 0 Å². The third kappa shape index (κ3) is 5.22. The van der Waals surface area contributed by atoms with Gasteiger partial charge in [-0.2, -0.15) is 0 Å². The van der Waals surface area contributed by atoms with E-state index in [1.165, 1.54) is 43.4 Å². The maximum atomic E-state index is 4.72. The highest BCUT2D eigenvalue weighted by molar-refractivity contribution is 8.02. The lowest BCUT2D eigenvalue weighted by Gasteiger charge is -2.12. The second kappa shape index (κ2) is 6.89. The summed E-state index contributed by atoms with van der Waals surface area (Å²) in [4.78, 5) is 4.72. The fourth-order valence-corrected chi connectivity index (χ4v) is 2.04. The van der Waals surface area contributed by atoms with Crippen LogP contribution in [-0.2, 0) is 0 Å². The topological polar surface area (TPSA) is 12.4 Å². The second-order valence-electron chi connectivity index (χ2n) is 4.19. The molecular weight excluding hydrogens is 202 g/mol. The first-order valence-electron chi connectivity index (χ1n) is 5.68. The van der Waals surface area contributed by atoms with Gasteiger partial charge in [0.15, 0.2) is 0 Å². The Morgan fingerprint density at radius 3 is 2.33 bits per heavy atom. The van der Waals surface area contributed by atoms with Crippen LogP contribution < -0.4 is 0 Å². The average molecular weight is 223 g/mol. The zero-order chi connectivity index (χ0) is 11.1. The molecule has 1 rings (SSSR count). The maximum absolute atomic E-state index is 4.72. The molecule has 15 heavy (non-hydrogen) atoms. The van der Waals surface area contributed by atoms with Crippen LogP contribution >= 0.6 is 11.8 Å². The molecule has 1 saturated carbocycles. The van der Waals surface area contributed by atoms with E-state index in [-0.39, 0.29) is 0 Å². The number of nitrogens with zero attached hydrogens (tertiary/aromatic N) is 1. The zero-order valence-electron chi connectivity index (χ0n) is 10.0. The first kappa shape index (κ1) is 12.6. The molecule has 0 N–H and O–H groups in total. The van der Waals surface area contributed by atoms with Crippen molar-refractivity contribution in [2.45, 2.75) is 46.0 Å². The van der Waals surface area contributed by atoms with Crippen molar-refractivity contribution in [3.05, 3.63) is 22.8 Å². The van der Waals surface area contributed by atoms with Crippen LogP contribution in [0, 0.1) is 0 Å². The van der Waals surface area contributed by atoms with E-state index in [4.69, 9.17) is 4.99 Å². The molecule has 1 fully saturated rings. The van der Waals surface area contributed by atoms with Gasteiger partial charge in [-0.05, 0) is 51.9 Å². The van der Waals surface area contributed by atoms with Gasteiger partial charge in [0, 0.05) is 5.71 Å². The van der Waals surface area contributed by atoms with Crippen LogP contribution in [0.15, 0.2) is 27.7 Å². The number of hydrogen-bond donors (Lipinski definition) is 0. The Morgan fingerprint density at radius 1 is 1.13 bits per heavy atom. The van der Waals surface area contributed by atoms with E-state index in [0.717, 1.165) is 5.03 Å². The monoisotopic (exact) mass is 223 g/mol. The van der Waals surface area contributed by atoms with Crippen LogP contribution in [-0.4, -0.2) is 12.0 Å². The van der Waals surface area contributed by atoms with Gasteiger partial charge in [0.05, 0.1) is 5.03 Å². The summed E-state index contributed by atoms with van der Waals surface area (Å²) < 4.78 is 0. The molecule has 0 amide bonds. The third-order valence-electron chi connectivity index (χ3n) is 2.47. The lowest BCUT2D eigenvalue weighted by atomic mass is 9.99. The van der Waals surface area contributed by atoms with E-state index >= 15 is 0 Å². The van der Waals surface area contributed by atoms with Gasteiger partial charge in [0.2, 0.25) is 0 Å². The van der Waals surface area contributed by atoms with Crippen LogP contribution in [0.25, 0.3) is 0 Å². The fourth-order valence-electron chi connectivity index (χ4n) is 1.62. The Labute approximate surface area is 97.8 Å². The Morgan fingerprint density at radius 2 is 1.80 bits per heavy atom. The number of rotatable bonds is 3. The first-order valence-corrected chi connectivity index (χ1v) is 6.90. The molecule has 0 aliphatic heterocycles. The summed E-state index contributed by atoms with van der Waals surface area (Å²) in [5.74, 6) is 0. The SMILES string of the molecule is CS/C(=C\C=C(C)C)N=C1CCCCC1. The molecular formula is C13H21NS. The van der Waals surface area contributed by atoms with Gasteiger partial charge in [0.1, 0.15) is 0 Å². The number of allylic oxidation sites excluding steroid dienone is 3. The van der Waals surface area contributed by atoms with E-state index in [9.17, 15) is 0 Å². The Kier molecular flexibility index (Phi) is 5.77. The quantitative estimate of drug-likeness (QED) is 0.639. The van der Waals surface area contributed by atoms with Crippen molar-refractivity contribution >= 4 is 17.5 Å². The molecule has 0 aromatic heterocycles. The number of aliphatic imine (C=N–C) groups is 1. The van der Waals surface area contributed by atoms with Gasteiger partial charge in [-0.3, -0.25) is 4.99 Å². The van der Waals surface area contributed by atoms with E-state index in [0.29, 0.717) is 0 Å². The first-order chi connectivity index (χ1) is 7.22. The summed E-state index contributed by atoms with van der Waals surface area (Å²) in [6.07, 6.45) is 12.8. The number of thioether (sulfide) groups is 1. The van der Waals surface area contributed by atoms with E-state index in [1.54, 1.807) is 11.8 Å². The Bertz CT molecular complexity index is 275. The summed E-state index contributed by atoms with van der Waals surface area (Å²) in [6.45, 7) is 4.23. The van der Waals surface area contributed by atoms with E-state index < -0.39 is 0 Å². The molecule has 0 radical (unpaired) electrons. The van der Waals surface area contributed by atoms with Gasteiger partial charge in [-0.15, -0.1) is 11.8 Å². The normalized spacial score (nSPS) is 17.5. The minimum Gasteiger partial charge on any atom is -0.251 e. The van der Waals surface area contributed by atoms with Crippen molar-refractivity contribution in [1.29, 1.82) is 0 Å². The van der Waals surface area contributed by atoms with Gasteiger partial charge >= 0.3 is 0 Å². The van der Waals surface area contributed by atoms with Gasteiger partial charge in [-0.1, -0.05) is 18.1 Å². The molecule has 0 unspecified atom stereocenters. The second-order valence-corrected chi connectivity index (χ2v) is 5.02. The number of hydrogen-bond acceptors (Lipinski definition) is 2. The molecule has 0 aromatic carbocycles. The fraction of sp³-hybridized carbons (Fsp3) is 0.615. The Hall–Kier alpha value is -0.500. The van der Waals surface area contributed by atoms with E-state index in [2.05, 4.69) is 32.3 Å². The molecule has 0 heterocycles. The molecule has 1 aliphatic carbocycles. The summed E-state index contributed by atoms with van der Waals surface area (Å²) in [5.41, 5.74) is 2.72. The lowest BCUT2D eigenvalue weighted by Crippen LogP contribution is -2.04. The highest BCUT2D eigenvalue weighted by Gasteiger charge is 2.06. The molecule has 1 aliphatic rings. The molecule has 2 heteroatoms. The van der Waals surface area contributed by atoms with E-state index in [1.807, 2.05) is 0 Å². The highest BCUT2D eigenvalue weighted by Crippen LogP contribution is 2.20. The zero-order valence-corrected chi connectivity index (χ0v) is 10.9. The third-order valence-corrected chi connectivity index (χ3v) is 3.11. The van der Waals surface area contributed by atoms with Crippen LogP contribution in [0.4, 0.5) is 0 Å². The van der Waals surface area contributed by atoms with Gasteiger partial charge in [-0.25, -0.2) is 0 Å².